The highest BCUT2D eigenvalue weighted by molar-refractivity contribution is 6.16. The molecule has 2 aromatic rings. The number of hydrogen-bond donors (Lipinski definition) is 0. The SMILES string of the molecule is Fc1cc(-c2noc(CCl)n2)cc(F)c1F. The van der Waals surface area contributed by atoms with Crippen LogP contribution in [0.5, 0.6) is 0 Å². The molecular formula is C9H4ClF3N2O. The van der Waals surface area contributed by atoms with Crippen LogP contribution in [-0.4, -0.2) is 10.1 Å². The Morgan fingerprint density at radius 3 is 2.31 bits per heavy atom. The molecule has 0 aliphatic rings. The van der Waals surface area contributed by atoms with Gasteiger partial charge in [0.05, 0.1) is 0 Å². The average Bonchev–Trinajstić information content (AvgIpc) is 2.73. The number of aromatic nitrogens is 2. The molecule has 16 heavy (non-hydrogen) atoms. The van der Waals surface area contributed by atoms with Crippen LogP contribution in [0, 0.1) is 17.5 Å². The number of nitrogens with zero attached hydrogens (tertiary/aromatic N) is 2. The summed E-state index contributed by atoms with van der Waals surface area (Å²) in [6.45, 7) is 0. The van der Waals surface area contributed by atoms with Crippen molar-refractivity contribution < 1.29 is 17.7 Å². The zero-order valence-electron chi connectivity index (χ0n) is 7.68. The second-order valence-corrected chi connectivity index (χ2v) is 3.17. The van der Waals surface area contributed by atoms with Crippen molar-refractivity contribution in [3.8, 4) is 11.4 Å². The summed E-state index contributed by atoms with van der Waals surface area (Å²) in [5.41, 5.74) is -0.0171. The van der Waals surface area contributed by atoms with Gasteiger partial charge in [-0.3, -0.25) is 0 Å². The van der Waals surface area contributed by atoms with Crippen LogP contribution < -0.4 is 0 Å². The van der Waals surface area contributed by atoms with Crippen LogP contribution >= 0.6 is 11.6 Å². The van der Waals surface area contributed by atoms with E-state index in [1.54, 1.807) is 0 Å². The molecule has 0 N–H and O–H groups in total. The molecule has 0 amide bonds. The van der Waals surface area contributed by atoms with E-state index in [2.05, 4.69) is 14.7 Å². The van der Waals surface area contributed by atoms with Gasteiger partial charge in [0.1, 0.15) is 5.88 Å². The van der Waals surface area contributed by atoms with Crippen molar-refractivity contribution in [2.24, 2.45) is 0 Å². The van der Waals surface area contributed by atoms with E-state index in [9.17, 15) is 13.2 Å². The second kappa shape index (κ2) is 4.13. The monoisotopic (exact) mass is 248 g/mol. The number of hydrogen-bond acceptors (Lipinski definition) is 3. The lowest BCUT2D eigenvalue weighted by molar-refractivity contribution is 0.391. The third-order valence-corrected chi connectivity index (χ3v) is 2.05. The van der Waals surface area contributed by atoms with Gasteiger partial charge in [-0.15, -0.1) is 11.6 Å². The summed E-state index contributed by atoms with van der Waals surface area (Å²) in [7, 11) is 0. The quantitative estimate of drug-likeness (QED) is 0.606. The maximum Gasteiger partial charge on any atom is 0.241 e. The molecule has 7 heteroatoms. The summed E-state index contributed by atoms with van der Waals surface area (Å²) in [6, 6.07) is 1.56. The van der Waals surface area contributed by atoms with Crippen molar-refractivity contribution in [3.05, 3.63) is 35.5 Å². The van der Waals surface area contributed by atoms with Gasteiger partial charge in [-0.25, -0.2) is 13.2 Å². The molecule has 0 bridgehead atoms. The summed E-state index contributed by atoms with van der Waals surface area (Å²) in [5.74, 6) is -4.11. The molecular weight excluding hydrogens is 245 g/mol. The van der Waals surface area contributed by atoms with Gasteiger partial charge >= 0.3 is 0 Å². The second-order valence-electron chi connectivity index (χ2n) is 2.90. The summed E-state index contributed by atoms with van der Waals surface area (Å²) in [4.78, 5) is 3.75. The fourth-order valence-corrected chi connectivity index (χ4v) is 1.22. The van der Waals surface area contributed by atoms with E-state index >= 15 is 0 Å². The number of benzene rings is 1. The molecule has 0 saturated heterocycles. The number of alkyl halides is 1. The topological polar surface area (TPSA) is 38.9 Å². The molecule has 1 aromatic carbocycles. The van der Waals surface area contributed by atoms with Gasteiger partial charge in [-0.1, -0.05) is 5.16 Å². The first-order valence-corrected chi connectivity index (χ1v) is 4.68. The third-order valence-electron chi connectivity index (χ3n) is 1.82. The van der Waals surface area contributed by atoms with Crippen molar-refractivity contribution in [3.63, 3.8) is 0 Å². The van der Waals surface area contributed by atoms with Crippen molar-refractivity contribution in [2.45, 2.75) is 5.88 Å². The van der Waals surface area contributed by atoms with Gasteiger partial charge in [0.2, 0.25) is 11.7 Å². The van der Waals surface area contributed by atoms with Crippen LogP contribution in [-0.2, 0) is 5.88 Å². The maximum atomic E-state index is 12.9. The molecule has 0 spiro atoms. The van der Waals surface area contributed by atoms with Crippen molar-refractivity contribution in [1.82, 2.24) is 10.1 Å². The normalized spacial score (nSPS) is 10.8. The van der Waals surface area contributed by atoms with Gasteiger partial charge in [-0.05, 0) is 12.1 Å². The minimum Gasteiger partial charge on any atom is -0.338 e. The van der Waals surface area contributed by atoms with Gasteiger partial charge in [-0.2, -0.15) is 4.98 Å². The predicted molar refractivity (Wildman–Crippen MR) is 49.2 cm³/mol. The molecule has 0 fully saturated rings. The molecule has 2 rings (SSSR count). The standard InChI is InChI=1S/C9H4ClF3N2O/c10-3-7-14-9(15-16-7)4-1-5(11)8(13)6(12)2-4/h1-2H,3H2. The van der Waals surface area contributed by atoms with E-state index in [-0.39, 0.29) is 23.2 Å². The van der Waals surface area contributed by atoms with Crippen LogP contribution in [0.3, 0.4) is 0 Å². The van der Waals surface area contributed by atoms with Gasteiger partial charge in [0.25, 0.3) is 0 Å². The smallest absolute Gasteiger partial charge is 0.241 e. The highest BCUT2D eigenvalue weighted by atomic mass is 35.5. The Morgan fingerprint density at radius 1 is 1.19 bits per heavy atom. The minimum atomic E-state index is -1.54. The van der Waals surface area contributed by atoms with Crippen molar-refractivity contribution in [1.29, 1.82) is 0 Å². The van der Waals surface area contributed by atoms with Crippen LogP contribution in [0.1, 0.15) is 5.89 Å². The van der Waals surface area contributed by atoms with Crippen LogP contribution in [0.15, 0.2) is 16.7 Å². The van der Waals surface area contributed by atoms with E-state index in [0.717, 1.165) is 12.1 Å². The Labute approximate surface area is 92.8 Å². The van der Waals surface area contributed by atoms with Crippen LogP contribution in [0.2, 0.25) is 0 Å². The first-order valence-electron chi connectivity index (χ1n) is 4.15. The van der Waals surface area contributed by atoms with Crippen LogP contribution in [0.4, 0.5) is 13.2 Å². The summed E-state index contributed by atoms with van der Waals surface area (Å²) < 4.78 is 43.1. The van der Waals surface area contributed by atoms with Gasteiger partial charge < -0.3 is 4.52 Å². The lowest BCUT2D eigenvalue weighted by Gasteiger charge is -1.97. The highest BCUT2D eigenvalue weighted by Gasteiger charge is 2.15. The van der Waals surface area contributed by atoms with Gasteiger partial charge in [0, 0.05) is 5.56 Å². The highest BCUT2D eigenvalue weighted by Crippen LogP contribution is 2.21. The molecule has 0 unspecified atom stereocenters. The van der Waals surface area contributed by atoms with E-state index in [1.807, 2.05) is 0 Å². The van der Waals surface area contributed by atoms with Gasteiger partial charge in [0.15, 0.2) is 17.5 Å². The molecule has 0 aliphatic heterocycles. The summed E-state index contributed by atoms with van der Waals surface area (Å²) in [6.07, 6.45) is 0. The summed E-state index contributed by atoms with van der Waals surface area (Å²) in [5, 5.41) is 3.44. The minimum absolute atomic E-state index is 0.0147. The molecule has 1 heterocycles. The van der Waals surface area contributed by atoms with E-state index in [1.165, 1.54) is 0 Å². The molecule has 1 aromatic heterocycles. The fourth-order valence-electron chi connectivity index (χ4n) is 1.11. The van der Waals surface area contributed by atoms with E-state index < -0.39 is 17.5 Å². The number of rotatable bonds is 2. The van der Waals surface area contributed by atoms with E-state index in [4.69, 9.17) is 11.6 Å². The van der Waals surface area contributed by atoms with Crippen LogP contribution in [0.25, 0.3) is 11.4 Å². The fraction of sp³-hybridized carbons (Fsp3) is 0.111. The molecule has 0 radical (unpaired) electrons. The lowest BCUT2D eigenvalue weighted by Crippen LogP contribution is -1.92. The molecule has 0 atom stereocenters. The largest absolute Gasteiger partial charge is 0.338 e. The van der Waals surface area contributed by atoms with Crippen molar-refractivity contribution >= 4 is 11.6 Å². The summed E-state index contributed by atoms with van der Waals surface area (Å²) >= 11 is 5.41. The Kier molecular flexibility index (Phi) is 2.82. The first-order chi connectivity index (χ1) is 7.61. The molecule has 0 aliphatic carbocycles. The average molecular weight is 249 g/mol. The molecule has 3 nitrogen and oxygen atoms in total. The first kappa shape index (κ1) is 10.9. The maximum absolute atomic E-state index is 12.9. The predicted octanol–water partition coefficient (Wildman–Crippen LogP) is 2.89. The zero-order valence-corrected chi connectivity index (χ0v) is 8.43. The Balaban J connectivity index is 2.48. The van der Waals surface area contributed by atoms with E-state index in [0.29, 0.717) is 0 Å². The zero-order chi connectivity index (χ0) is 11.7. The number of halogens is 4. The third kappa shape index (κ3) is 1.88. The van der Waals surface area contributed by atoms with Crippen molar-refractivity contribution in [2.75, 3.05) is 0 Å². The Hall–Kier alpha value is -1.56. The molecule has 84 valence electrons. The Morgan fingerprint density at radius 2 is 1.81 bits per heavy atom. The Bertz CT molecular complexity index is 506. The lowest BCUT2D eigenvalue weighted by atomic mass is 10.2. The molecule has 0 saturated carbocycles.